The standard InChI is InChI=1S/C11H26O9P2/c1-4-6-8-10(3,9-7-5-2)11(12,13)19-22(17,18)20-21(14,15)16/h12-13H,4-9H2,1-3H3,(H,17,18)(H2,14,15,16). The van der Waals surface area contributed by atoms with Crippen molar-refractivity contribution in [2.24, 2.45) is 5.41 Å². The summed E-state index contributed by atoms with van der Waals surface area (Å²) in [7, 11) is -10.7. The molecule has 0 radical (unpaired) electrons. The molecule has 0 rings (SSSR count). The molecule has 22 heavy (non-hydrogen) atoms. The third kappa shape index (κ3) is 7.64. The minimum atomic E-state index is -5.36. The van der Waals surface area contributed by atoms with Crippen LogP contribution >= 0.6 is 15.6 Å². The van der Waals surface area contributed by atoms with Gasteiger partial charge in [0.15, 0.2) is 0 Å². The van der Waals surface area contributed by atoms with E-state index in [1.807, 2.05) is 13.8 Å². The summed E-state index contributed by atoms with van der Waals surface area (Å²) in [5, 5.41) is 20.2. The van der Waals surface area contributed by atoms with E-state index in [9.17, 15) is 24.2 Å². The smallest absolute Gasteiger partial charge is 0.343 e. The van der Waals surface area contributed by atoms with Crippen molar-refractivity contribution in [3.63, 3.8) is 0 Å². The molecule has 0 aliphatic heterocycles. The van der Waals surface area contributed by atoms with Crippen LogP contribution in [0, 0.1) is 5.41 Å². The molecule has 5 N–H and O–H groups in total. The number of hydrogen-bond donors (Lipinski definition) is 5. The van der Waals surface area contributed by atoms with Crippen molar-refractivity contribution in [3.05, 3.63) is 0 Å². The molecule has 0 aliphatic rings. The van der Waals surface area contributed by atoms with Crippen molar-refractivity contribution < 1.29 is 42.9 Å². The third-order valence-corrected chi connectivity index (χ3v) is 5.56. The maximum absolute atomic E-state index is 11.5. The molecule has 0 fully saturated rings. The van der Waals surface area contributed by atoms with E-state index in [2.05, 4.69) is 8.83 Å². The molecule has 11 heteroatoms. The van der Waals surface area contributed by atoms with Gasteiger partial charge in [-0.25, -0.2) is 13.7 Å². The first kappa shape index (κ1) is 22.2. The van der Waals surface area contributed by atoms with Crippen molar-refractivity contribution in [1.82, 2.24) is 0 Å². The SMILES string of the molecule is CCCCC(C)(CCCC)C(O)(O)OP(=O)(O)OP(=O)(O)O. The summed E-state index contributed by atoms with van der Waals surface area (Å²) in [6.07, 6.45) is 3.31. The van der Waals surface area contributed by atoms with E-state index in [4.69, 9.17) is 9.79 Å². The number of aliphatic hydroxyl groups is 2. The monoisotopic (exact) mass is 364 g/mol. The molecule has 0 amide bonds. The van der Waals surface area contributed by atoms with Gasteiger partial charge in [0, 0.05) is 5.41 Å². The van der Waals surface area contributed by atoms with Crippen LogP contribution in [0.1, 0.15) is 59.3 Å². The van der Waals surface area contributed by atoms with Crippen LogP contribution in [-0.2, 0) is 18.0 Å². The van der Waals surface area contributed by atoms with Gasteiger partial charge in [0.2, 0.25) is 0 Å². The first-order valence-corrected chi connectivity index (χ1v) is 10.1. The van der Waals surface area contributed by atoms with Crippen LogP contribution in [-0.4, -0.2) is 30.9 Å². The lowest BCUT2D eigenvalue weighted by atomic mass is 9.78. The Balaban J connectivity index is 5.24. The zero-order chi connectivity index (χ0) is 17.7. The van der Waals surface area contributed by atoms with Gasteiger partial charge in [-0.15, -0.1) is 0 Å². The van der Waals surface area contributed by atoms with Crippen LogP contribution in [0.5, 0.6) is 0 Å². The molecule has 0 aromatic heterocycles. The summed E-state index contributed by atoms with van der Waals surface area (Å²) < 4.78 is 30.0. The summed E-state index contributed by atoms with van der Waals surface area (Å²) in [6.45, 7) is 5.26. The minimum absolute atomic E-state index is 0.284. The summed E-state index contributed by atoms with van der Waals surface area (Å²) >= 11 is 0. The Morgan fingerprint density at radius 2 is 1.36 bits per heavy atom. The van der Waals surface area contributed by atoms with Crippen LogP contribution in [0.3, 0.4) is 0 Å². The minimum Gasteiger partial charge on any atom is -0.343 e. The van der Waals surface area contributed by atoms with Crippen LogP contribution < -0.4 is 0 Å². The number of unbranched alkanes of at least 4 members (excludes halogenated alkanes) is 2. The highest BCUT2D eigenvalue weighted by atomic mass is 31.3. The summed E-state index contributed by atoms with van der Waals surface area (Å²) in [5.41, 5.74) is -1.30. The van der Waals surface area contributed by atoms with Crippen molar-refractivity contribution in [2.75, 3.05) is 0 Å². The van der Waals surface area contributed by atoms with Gasteiger partial charge in [-0.2, -0.15) is 4.31 Å². The molecular weight excluding hydrogens is 338 g/mol. The predicted molar refractivity (Wildman–Crippen MR) is 78.4 cm³/mol. The zero-order valence-corrected chi connectivity index (χ0v) is 14.8. The first-order chi connectivity index (χ1) is 9.79. The molecule has 0 heterocycles. The Labute approximate surface area is 130 Å². The second-order valence-electron chi connectivity index (χ2n) is 5.51. The number of hydrogen-bond acceptors (Lipinski definition) is 6. The van der Waals surface area contributed by atoms with Crippen LogP contribution in [0.2, 0.25) is 0 Å². The normalized spacial score (nSPS) is 16.5. The van der Waals surface area contributed by atoms with E-state index in [1.165, 1.54) is 6.92 Å². The highest BCUT2D eigenvalue weighted by Crippen LogP contribution is 2.61. The fourth-order valence-corrected chi connectivity index (χ4v) is 3.76. The molecule has 0 bridgehead atoms. The van der Waals surface area contributed by atoms with E-state index in [0.717, 1.165) is 12.8 Å². The zero-order valence-electron chi connectivity index (χ0n) is 13.0. The van der Waals surface area contributed by atoms with Crippen LogP contribution in [0.4, 0.5) is 0 Å². The molecule has 0 aromatic carbocycles. The number of phosphoric ester groups is 1. The Bertz CT molecular complexity index is 423. The Morgan fingerprint density at radius 3 is 1.68 bits per heavy atom. The maximum Gasteiger partial charge on any atom is 0.485 e. The van der Waals surface area contributed by atoms with Crippen molar-refractivity contribution in [3.8, 4) is 0 Å². The van der Waals surface area contributed by atoms with E-state index < -0.39 is 27.0 Å². The van der Waals surface area contributed by atoms with Crippen LogP contribution in [0.25, 0.3) is 0 Å². The molecule has 0 spiro atoms. The van der Waals surface area contributed by atoms with Gasteiger partial charge in [-0.3, -0.25) is 0 Å². The lowest BCUT2D eigenvalue weighted by Gasteiger charge is -2.40. The second kappa shape index (κ2) is 8.33. The molecule has 134 valence electrons. The average molecular weight is 364 g/mol. The van der Waals surface area contributed by atoms with E-state index in [0.29, 0.717) is 12.8 Å². The maximum atomic E-state index is 11.5. The number of phosphoric acid groups is 2. The highest BCUT2D eigenvalue weighted by Gasteiger charge is 2.52. The van der Waals surface area contributed by atoms with Gasteiger partial charge < -0.3 is 24.9 Å². The summed E-state index contributed by atoms with van der Waals surface area (Å²) in [6, 6.07) is 0. The Morgan fingerprint density at radius 1 is 0.955 bits per heavy atom. The quantitative estimate of drug-likeness (QED) is 0.274. The predicted octanol–water partition coefficient (Wildman–Crippen LogP) is 2.24. The van der Waals surface area contributed by atoms with E-state index >= 15 is 0 Å². The summed E-state index contributed by atoms with van der Waals surface area (Å²) in [5.74, 6) is -3.07. The van der Waals surface area contributed by atoms with Gasteiger partial charge in [0.05, 0.1) is 0 Å². The van der Waals surface area contributed by atoms with E-state index in [-0.39, 0.29) is 12.8 Å². The van der Waals surface area contributed by atoms with E-state index in [1.54, 1.807) is 0 Å². The van der Waals surface area contributed by atoms with Gasteiger partial charge in [-0.05, 0) is 12.8 Å². The molecule has 0 saturated carbocycles. The topological polar surface area (TPSA) is 154 Å². The van der Waals surface area contributed by atoms with Crippen molar-refractivity contribution in [1.29, 1.82) is 0 Å². The second-order valence-corrected chi connectivity index (χ2v) is 8.26. The molecular formula is C11H26O9P2. The van der Waals surface area contributed by atoms with Gasteiger partial charge in [0.1, 0.15) is 0 Å². The van der Waals surface area contributed by atoms with Crippen molar-refractivity contribution >= 4 is 15.6 Å². The average Bonchev–Trinajstić information content (AvgIpc) is 2.28. The fourth-order valence-electron chi connectivity index (χ4n) is 2.01. The number of rotatable bonds is 11. The lowest BCUT2D eigenvalue weighted by molar-refractivity contribution is -0.361. The molecule has 1 atom stereocenters. The molecule has 0 aromatic rings. The Kier molecular flexibility index (Phi) is 8.40. The van der Waals surface area contributed by atoms with Crippen LogP contribution in [0.15, 0.2) is 0 Å². The molecule has 0 aliphatic carbocycles. The third-order valence-electron chi connectivity index (χ3n) is 3.40. The molecule has 0 saturated heterocycles. The molecule has 1 unspecified atom stereocenters. The Hall–Kier alpha value is 0.180. The van der Waals surface area contributed by atoms with Gasteiger partial charge in [-0.1, -0.05) is 46.5 Å². The van der Waals surface area contributed by atoms with Gasteiger partial charge in [0.25, 0.3) is 5.97 Å². The first-order valence-electron chi connectivity index (χ1n) is 7.04. The van der Waals surface area contributed by atoms with Gasteiger partial charge >= 0.3 is 15.6 Å². The fraction of sp³-hybridized carbons (Fsp3) is 1.00. The molecule has 9 nitrogen and oxygen atoms in total. The largest absolute Gasteiger partial charge is 0.485 e. The highest BCUT2D eigenvalue weighted by molar-refractivity contribution is 7.60. The van der Waals surface area contributed by atoms with Crippen molar-refractivity contribution in [2.45, 2.75) is 65.3 Å². The summed E-state index contributed by atoms with van der Waals surface area (Å²) in [4.78, 5) is 26.4. The lowest BCUT2D eigenvalue weighted by Crippen LogP contribution is -2.48.